The van der Waals surface area contributed by atoms with Gasteiger partial charge in [0.25, 0.3) is 0 Å². The number of amides is 1. The first-order valence-electron chi connectivity index (χ1n) is 21.4. The van der Waals surface area contributed by atoms with Gasteiger partial charge in [0.1, 0.15) is 73.2 Å². The lowest BCUT2D eigenvalue weighted by atomic mass is 9.96. The Hall–Kier alpha value is -1.47. The summed E-state index contributed by atoms with van der Waals surface area (Å²) in [5.41, 5.74) is 0. The monoisotopic (exact) mass is 855 g/mol. The lowest BCUT2D eigenvalue weighted by Gasteiger charge is -2.48. The molecule has 3 saturated heterocycles. The molecule has 0 saturated carbocycles. The van der Waals surface area contributed by atoms with Crippen molar-refractivity contribution >= 4 is 5.91 Å². The minimum Gasteiger partial charge on any atom is -0.394 e. The summed E-state index contributed by atoms with van der Waals surface area (Å²) in [6.07, 6.45) is -8.23. The van der Waals surface area contributed by atoms with Gasteiger partial charge in [-0.15, -0.1) is 0 Å². The summed E-state index contributed by atoms with van der Waals surface area (Å²) in [5.74, 6) is -0.299. The lowest BCUT2D eigenvalue weighted by Crippen LogP contribution is -2.66. The van der Waals surface area contributed by atoms with Crippen molar-refractivity contribution in [2.45, 2.75) is 208 Å². The van der Waals surface area contributed by atoms with Crippen LogP contribution in [0.3, 0.4) is 0 Å². The molecule has 3 aliphatic rings. The van der Waals surface area contributed by atoms with Crippen molar-refractivity contribution in [2.75, 3.05) is 26.4 Å². The fourth-order valence-corrected chi connectivity index (χ4v) is 7.52. The van der Waals surface area contributed by atoms with Crippen molar-refractivity contribution < 1.29 is 89.4 Å². The second-order valence-corrected chi connectivity index (χ2v) is 15.8. The van der Waals surface area contributed by atoms with Crippen LogP contribution in [-0.2, 0) is 33.2 Å². The Morgan fingerprint density at radius 2 is 1.02 bits per heavy atom. The van der Waals surface area contributed by atoms with E-state index in [-0.39, 0.29) is 18.9 Å². The number of aliphatic hydroxyl groups is 11. The average Bonchev–Trinajstić information content (AvgIpc) is 3.22. The molecule has 19 heteroatoms. The van der Waals surface area contributed by atoms with E-state index in [2.05, 4.69) is 12.2 Å². The fourth-order valence-electron chi connectivity index (χ4n) is 7.52. The van der Waals surface area contributed by atoms with E-state index in [9.17, 15) is 61.0 Å². The molecule has 3 heterocycles. The Morgan fingerprint density at radius 3 is 1.49 bits per heavy atom. The number of unbranched alkanes of at least 4 members (excludes halogenated alkanes) is 12. The van der Waals surface area contributed by atoms with Gasteiger partial charge in [-0.3, -0.25) is 4.79 Å². The van der Waals surface area contributed by atoms with E-state index >= 15 is 0 Å². The molecule has 0 aromatic heterocycles. The van der Waals surface area contributed by atoms with Crippen LogP contribution in [0.15, 0.2) is 12.2 Å². The maximum atomic E-state index is 12.8. The molecule has 0 bridgehead atoms. The van der Waals surface area contributed by atoms with E-state index in [4.69, 9.17) is 28.4 Å². The highest BCUT2D eigenvalue weighted by Crippen LogP contribution is 2.33. The summed E-state index contributed by atoms with van der Waals surface area (Å²) in [6, 6.07) is -0.962. The Bertz CT molecular complexity index is 1170. The van der Waals surface area contributed by atoms with Gasteiger partial charge in [0.2, 0.25) is 5.91 Å². The molecule has 3 aliphatic heterocycles. The number of hydrogen-bond donors (Lipinski definition) is 12. The number of ether oxygens (including phenoxy) is 6. The van der Waals surface area contributed by atoms with Crippen LogP contribution in [0.4, 0.5) is 0 Å². The molecular weight excluding hydrogens is 782 g/mol. The van der Waals surface area contributed by atoms with Gasteiger partial charge in [-0.05, 0) is 13.3 Å². The lowest BCUT2D eigenvalue weighted by molar-refractivity contribution is -0.379. The minimum absolute atomic E-state index is 0.241. The number of carbonyl (C=O) groups excluding carboxylic acids is 1. The SMILES string of the molecule is C/C=C/[C@@H](O)[C@H](CO[C@@H]1OC(CO)[C@H](O[C@@H]2OC(CO)[C@H](O[C@@H]3OC(CO)[C@H](O)[C@H](O)C3O)[C@H](O)C2O)[C@H](O)C1O)NC(=O)CCCCCCCCCCCCCCC. The van der Waals surface area contributed by atoms with E-state index < -0.39 is 124 Å². The Balaban J connectivity index is 1.49. The summed E-state index contributed by atoms with van der Waals surface area (Å²) >= 11 is 0. The van der Waals surface area contributed by atoms with Crippen molar-refractivity contribution in [3.8, 4) is 0 Å². The van der Waals surface area contributed by atoms with Crippen LogP contribution in [0.25, 0.3) is 0 Å². The molecule has 0 radical (unpaired) electrons. The maximum Gasteiger partial charge on any atom is 0.220 e. The van der Waals surface area contributed by atoms with Crippen LogP contribution in [0, 0.1) is 0 Å². The zero-order valence-corrected chi connectivity index (χ0v) is 34.5. The molecule has 0 aromatic carbocycles. The predicted molar refractivity (Wildman–Crippen MR) is 208 cm³/mol. The largest absolute Gasteiger partial charge is 0.394 e. The van der Waals surface area contributed by atoms with E-state index in [0.717, 1.165) is 19.3 Å². The number of aliphatic hydroxyl groups excluding tert-OH is 11. The van der Waals surface area contributed by atoms with Crippen LogP contribution in [0.5, 0.6) is 0 Å². The molecular formula is C40H73NO18. The topological polar surface area (TPSA) is 307 Å². The van der Waals surface area contributed by atoms with E-state index in [0.29, 0.717) is 6.42 Å². The molecule has 3 fully saturated rings. The number of nitrogens with one attached hydrogen (secondary N) is 1. The highest BCUT2D eigenvalue weighted by Gasteiger charge is 2.53. The van der Waals surface area contributed by atoms with Crippen molar-refractivity contribution in [2.24, 2.45) is 0 Å². The molecule has 0 aliphatic carbocycles. The van der Waals surface area contributed by atoms with Crippen LogP contribution in [0.1, 0.15) is 104 Å². The first-order chi connectivity index (χ1) is 28.3. The average molecular weight is 856 g/mol. The van der Waals surface area contributed by atoms with Crippen LogP contribution < -0.4 is 5.32 Å². The summed E-state index contributed by atoms with van der Waals surface area (Å²) in [4.78, 5) is 12.8. The Labute approximate surface area is 346 Å². The molecule has 19 nitrogen and oxygen atoms in total. The highest BCUT2D eigenvalue weighted by molar-refractivity contribution is 5.76. The van der Waals surface area contributed by atoms with E-state index in [1.165, 1.54) is 63.9 Å². The Kier molecular flexibility index (Phi) is 24.2. The number of rotatable bonds is 27. The summed E-state index contributed by atoms with van der Waals surface area (Å²) in [7, 11) is 0. The number of hydrogen-bond acceptors (Lipinski definition) is 18. The van der Waals surface area contributed by atoms with Crippen LogP contribution >= 0.6 is 0 Å². The quantitative estimate of drug-likeness (QED) is 0.0326. The first-order valence-corrected chi connectivity index (χ1v) is 21.4. The molecule has 1 amide bonds. The van der Waals surface area contributed by atoms with Crippen molar-refractivity contribution in [1.82, 2.24) is 5.32 Å². The van der Waals surface area contributed by atoms with E-state index in [1.54, 1.807) is 13.0 Å². The van der Waals surface area contributed by atoms with Crippen molar-refractivity contribution in [1.29, 1.82) is 0 Å². The van der Waals surface area contributed by atoms with Crippen LogP contribution in [0.2, 0.25) is 0 Å². The van der Waals surface area contributed by atoms with E-state index in [1.807, 2.05) is 0 Å². The smallest absolute Gasteiger partial charge is 0.220 e. The number of allylic oxidation sites excluding steroid dienone is 1. The molecule has 0 spiro atoms. The molecule has 3 rings (SSSR count). The van der Waals surface area contributed by atoms with Gasteiger partial charge in [-0.25, -0.2) is 0 Å². The number of carbonyl (C=O) groups is 1. The fraction of sp³-hybridized carbons (Fsp3) is 0.925. The summed E-state index contributed by atoms with van der Waals surface area (Å²) < 4.78 is 33.6. The van der Waals surface area contributed by atoms with Gasteiger partial charge < -0.3 is 89.9 Å². The third-order valence-electron chi connectivity index (χ3n) is 11.2. The second-order valence-electron chi connectivity index (χ2n) is 15.8. The predicted octanol–water partition coefficient (Wildman–Crippen LogP) is -1.65. The molecule has 6 unspecified atom stereocenters. The normalized spacial score (nSPS) is 36.5. The van der Waals surface area contributed by atoms with Gasteiger partial charge in [0.15, 0.2) is 18.9 Å². The molecule has 17 atom stereocenters. The second kappa shape index (κ2) is 27.6. The summed E-state index contributed by atoms with van der Waals surface area (Å²) in [5, 5.41) is 118. The van der Waals surface area contributed by atoms with Crippen molar-refractivity contribution in [3.63, 3.8) is 0 Å². The van der Waals surface area contributed by atoms with Gasteiger partial charge in [0.05, 0.1) is 38.6 Å². The van der Waals surface area contributed by atoms with Crippen LogP contribution in [-0.4, -0.2) is 193 Å². The molecule has 0 aromatic rings. The third-order valence-corrected chi connectivity index (χ3v) is 11.2. The standard InChI is InChI=1S/C40H73NO18/c1-3-5-6-7-8-9-10-11-12-13-14-15-16-18-28(46)41-23(24(45)17-4-2)22-54-38-34(52)31(49)36(26(20-43)56-38)59-40-35(53)32(50)37(27(21-44)57-40)58-39-33(51)30(48)29(47)25(19-42)55-39/h4,17,23-27,29-40,42-45,47-53H,3,5-16,18-22H2,1-2H3,(H,41,46)/b17-4+/t23-,24+,25?,26?,27?,29-,30-,31+,32+,33?,34?,35?,36-,37-,38+,39-,40-/m0/s1. The first kappa shape index (κ1) is 51.9. The Morgan fingerprint density at radius 1 is 0.593 bits per heavy atom. The van der Waals surface area contributed by atoms with Gasteiger partial charge in [-0.1, -0.05) is 96.1 Å². The zero-order chi connectivity index (χ0) is 43.5. The minimum atomic E-state index is -1.97. The molecule has 12 N–H and O–H groups in total. The van der Waals surface area contributed by atoms with Gasteiger partial charge >= 0.3 is 0 Å². The third kappa shape index (κ3) is 15.7. The zero-order valence-electron chi connectivity index (χ0n) is 34.5. The summed E-state index contributed by atoms with van der Waals surface area (Å²) in [6.45, 7) is 1.13. The molecule has 346 valence electrons. The maximum absolute atomic E-state index is 12.8. The van der Waals surface area contributed by atoms with Crippen molar-refractivity contribution in [3.05, 3.63) is 12.2 Å². The molecule has 59 heavy (non-hydrogen) atoms. The highest BCUT2D eigenvalue weighted by atomic mass is 16.8. The van der Waals surface area contributed by atoms with Gasteiger partial charge in [-0.2, -0.15) is 0 Å². The van der Waals surface area contributed by atoms with Gasteiger partial charge in [0, 0.05) is 6.42 Å².